The van der Waals surface area contributed by atoms with E-state index >= 15 is 0 Å². The molecule has 0 aliphatic carbocycles. The molecule has 0 unspecified atom stereocenters. The predicted octanol–water partition coefficient (Wildman–Crippen LogP) is 9.62. The van der Waals surface area contributed by atoms with Gasteiger partial charge < -0.3 is 9.47 Å². The lowest BCUT2D eigenvalue weighted by Gasteiger charge is -2.15. The van der Waals surface area contributed by atoms with Gasteiger partial charge >= 0.3 is 0 Å². The lowest BCUT2D eigenvalue weighted by molar-refractivity contribution is 0.302. The van der Waals surface area contributed by atoms with Crippen molar-refractivity contribution in [3.63, 3.8) is 0 Å². The van der Waals surface area contributed by atoms with E-state index < -0.39 is 23.3 Å². The molecule has 4 aromatic rings. The third kappa shape index (κ3) is 5.37. The highest BCUT2D eigenvalue weighted by Gasteiger charge is 2.21. The van der Waals surface area contributed by atoms with Gasteiger partial charge in [0.25, 0.3) is 0 Å². The van der Waals surface area contributed by atoms with E-state index in [1.54, 1.807) is 0 Å². The summed E-state index contributed by atoms with van der Waals surface area (Å²) >= 11 is 0. The number of ether oxygens (including phenoxy) is 2. The van der Waals surface area contributed by atoms with Crippen LogP contribution in [-0.2, 0) is 0 Å². The van der Waals surface area contributed by atoms with Crippen LogP contribution >= 0.6 is 0 Å². The molecular weight excluding hydrogens is 468 g/mol. The van der Waals surface area contributed by atoms with Crippen molar-refractivity contribution in [2.75, 3.05) is 13.2 Å². The minimum absolute atomic E-state index is 0.302. The van der Waals surface area contributed by atoms with Crippen molar-refractivity contribution in [1.29, 1.82) is 0 Å². The number of fused-ring (bicyclic) bond motifs is 3. The lowest BCUT2D eigenvalue weighted by atomic mass is 9.98. The molecule has 2 nitrogen and oxygen atoms in total. The Morgan fingerprint density at radius 2 is 0.889 bits per heavy atom. The number of hydrogen-bond acceptors (Lipinski definition) is 2. The van der Waals surface area contributed by atoms with Gasteiger partial charge in [-0.3, -0.25) is 0 Å². The average Bonchev–Trinajstić information content (AvgIpc) is 2.89. The molecule has 0 heterocycles. The molecule has 4 rings (SSSR count). The molecule has 0 spiro atoms. The van der Waals surface area contributed by atoms with Crippen molar-refractivity contribution in [2.45, 2.75) is 65.2 Å². The van der Waals surface area contributed by atoms with Crippen LogP contribution in [0.2, 0.25) is 0 Å². The summed E-state index contributed by atoms with van der Waals surface area (Å²) in [5.74, 6) is -5.09. The van der Waals surface area contributed by atoms with Gasteiger partial charge in [-0.15, -0.1) is 0 Å². The normalized spacial score (nSPS) is 11.6. The number of rotatable bonds is 12. The first-order valence-electron chi connectivity index (χ1n) is 12.9. The summed E-state index contributed by atoms with van der Waals surface area (Å²) in [6, 6.07) is 10.1. The lowest BCUT2D eigenvalue weighted by Crippen LogP contribution is -2.01. The van der Waals surface area contributed by atoms with E-state index in [1.807, 2.05) is 24.3 Å². The minimum atomic E-state index is -1.81. The average molecular weight is 501 g/mol. The first kappa shape index (κ1) is 26.1. The van der Waals surface area contributed by atoms with Crippen LogP contribution in [0.25, 0.3) is 32.3 Å². The molecule has 0 saturated carbocycles. The van der Waals surface area contributed by atoms with E-state index in [4.69, 9.17) is 9.47 Å². The van der Waals surface area contributed by atoms with Crippen molar-refractivity contribution >= 4 is 32.3 Å². The van der Waals surface area contributed by atoms with E-state index in [9.17, 15) is 17.6 Å². The van der Waals surface area contributed by atoms with Gasteiger partial charge in [-0.05, 0) is 60.0 Å². The van der Waals surface area contributed by atoms with Crippen molar-refractivity contribution in [2.24, 2.45) is 0 Å². The highest BCUT2D eigenvalue weighted by Crippen LogP contribution is 2.39. The van der Waals surface area contributed by atoms with Gasteiger partial charge in [0, 0.05) is 21.5 Å². The number of hydrogen-bond donors (Lipinski definition) is 0. The Kier molecular flexibility index (Phi) is 8.55. The van der Waals surface area contributed by atoms with Gasteiger partial charge in [0.2, 0.25) is 0 Å². The summed E-state index contributed by atoms with van der Waals surface area (Å²) in [6.07, 6.45) is 8.57. The van der Waals surface area contributed by atoms with Crippen LogP contribution in [0.5, 0.6) is 11.5 Å². The van der Waals surface area contributed by atoms with Crippen molar-refractivity contribution < 1.29 is 27.0 Å². The van der Waals surface area contributed by atoms with Crippen molar-refractivity contribution in [1.82, 2.24) is 0 Å². The Bertz CT molecular complexity index is 1260. The third-order valence-corrected chi connectivity index (χ3v) is 6.59. The maximum Gasteiger partial charge on any atom is 0.198 e. The Balaban J connectivity index is 1.79. The fourth-order valence-electron chi connectivity index (χ4n) is 4.55. The summed E-state index contributed by atoms with van der Waals surface area (Å²) in [6.45, 7) is 5.43. The molecule has 36 heavy (non-hydrogen) atoms. The fourth-order valence-corrected chi connectivity index (χ4v) is 4.55. The molecule has 4 aromatic carbocycles. The summed E-state index contributed by atoms with van der Waals surface area (Å²) in [4.78, 5) is 0. The molecule has 0 aliphatic rings. The third-order valence-electron chi connectivity index (χ3n) is 6.59. The zero-order chi connectivity index (χ0) is 25.7. The summed E-state index contributed by atoms with van der Waals surface area (Å²) in [5.41, 5.74) is 0. The molecule has 192 valence electrons. The van der Waals surface area contributed by atoms with E-state index in [2.05, 4.69) is 13.8 Å². The molecule has 0 N–H and O–H groups in total. The summed E-state index contributed by atoms with van der Waals surface area (Å²) in [7, 11) is 0. The first-order valence-corrected chi connectivity index (χ1v) is 12.9. The van der Waals surface area contributed by atoms with Gasteiger partial charge in [0.05, 0.1) is 13.2 Å². The molecule has 0 aliphatic heterocycles. The Labute approximate surface area is 209 Å². The molecular formula is C30H32F4O2. The van der Waals surface area contributed by atoms with Crippen LogP contribution in [0.15, 0.2) is 36.4 Å². The minimum Gasteiger partial charge on any atom is -0.493 e. The van der Waals surface area contributed by atoms with Gasteiger partial charge in [0.1, 0.15) is 11.5 Å². The summed E-state index contributed by atoms with van der Waals surface area (Å²) < 4.78 is 69.0. The maximum atomic E-state index is 14.5. The van der Waals surface area contributed by atoms with Crippen molar-refractivity contribution in [3.05, 3.63) is 59.7 Å². The van der Waals surface area contributed by atoms with Crippen LogP contribution in [0, 0.1) is 23.3 Å². The molecule has 0 amide bonds. The van der Waals surface area contributed by atoms with E-state index in [1.165, 1.54) is 12.1 Å². The molecule has 0 radical (unpaired) electrons. The Morgan fingerprint density at radius 3 is 1.28 bits per heavy atom. The van der Waals surface area contributed by atoms with Crippen LogP contribution in [0.4, 0.5) is 17.6 Å². The first-order chi connectivity index (χ1) is 17.5. The molecule has 6 heteroatoms. The maximum absolute atomic E-state index is 14.5. The fraction of sp³-hybridized carbons (Fsp3) is 0.400. The van der Waals surface area contributed by atoms with Crippen LogP contribution in [0.3, 0.4) is 0 Å². The zero-order valence-corrected chi connectivity index (χ0v) is 20.9. The van der Waals surface area contributed by atoms with Crippen molar-refractivity contribution in [3.8, 4) is 11.5 Å². The molecule has 0 fully saturated rings. The quantitative estimate of drug-likeness (QED) is 0.0634. The Hall–Kier alpha value is -3.02. The number of unbranched alkanes of at least 4 members (excludes halogenated alkanes) is 6. The highest BCUT2D eigenvalue weighted by atomic mass is 19.2. The van der Waals surface area contributed by atoms with Crippen LogP contribution in [-0.4, -0.2) is 13.2 Å². The van der Waals surface area contributed by atoms with Gasteiger partial charge in [-0.2, -0.15) is 0 Å². The molecule has 0 aromatic heterocycles. The van der Waals surface area contributed by atoms with Crippen LogP contribution in [0.1, 0.15) is 65.2 Å². The molecule has 0 atom stereocenters. The standard InChI is InChI=1S/C30H32F4O2/c1-3-5-7-9-13-35-25-11-12-26(36-14-10-8-6-4-2)22-16-20-18-24-23(17-19(20)15-21(22)25)27(31)29(33)30(34)28(24)32/h11-12,15-18H,3-10,13-14H2,1-2H3. The molecule has 0 saturated heterocycles. The monoisotopic (exact) mass is 500 g/mol. The predicted molar refractivity (Wildman–Crippen MR) is 138 cm³/mol. The Morgan fingerprint density at radius 1 is 0.500 bits per heavy atom. The van der Waals surface area contributed by atoms with Crippen LogP contribution < -0.4 is 9.47 Å². The van der Waals surface area contributed by atoms with Gasteiger partial charge in [-0.25, -0.2) is 17.6 Å². The summed E-state index contributed by atoms with van der Waals surface area (Å²) in [5, 5.41) is 2.07. The molecule has 0 bridgehead atoms. The van der Waals surface area contributed by atoms with Gasteiger partial charge in [0.15, 0.2) is 23.3 Å². The highest BCUT2D eigenvalue weighted by molar-refractivity contribution is 6.08. The van der Waals surface area contributed by atoms with E-state index in [0.717, 1.165) is 62.1 Å². The van der Waals surface area contributed by atoms with E-state index in [-0.39, 0.29) is 10.8 Å². The topological polar surface area (TPSA) is 18.5 Å². The second-order valence-electron chi connectivity index (χ2n) is 9.28. The largest absolute Gasteiger partial charge is 0.493 e. The second kappa shape index (κ2) is 11.8. The smallest absolute Gasteiger partial charge is 0.198 e. The zero-order valence-electron chi connectivity index (χ0n) is 20.9. The SMILES string of the molecule is CCCCCCOc1ccc(OCCCCCC)c2cc3cc4c(F)c(F)c(F)c(F)c4cc3cc12. The second-order valence-corrected chi connectivity index (χ2v) is 9.28. The van der Waals surface area contributed by atoms with Gasteiger partial charge in [-0.1, -0.05) is 52.4 Å². The van der Waals surface area contributed by atoms with E-state index in [0.29, 0.717) is 35.5 Å². The number of halogens is 4. The number of benzene rings is 4.